The van der Waals surface area contributed by atoms with E-state index in [1.165, 1.54) is 30.3 Å². The largest absolute Gasteiger partial charge is 0.489 e. The smallest absolute Gasteiger partial charge is 0.416 e. The van der Waals surface area contributed by atoms with Gasteiger partial charge >= 0.3 is 6.18 Å². The predicted molar refractivity (Wildman–Crippen MR) is 117 cm³/mol. The number of hydrogen-bond acceptors (Lipinski definition) is 4. The molecule has 0 aliphatic rings. The van der Waals surface area contributed by atoms with Gasteiger partial charge in [-0.2, -0.15) is 13.2 Å². The van der Waals surface area contributed by atoms with Crippen molar-refractivity contribution in [2.24, 2.45) is 0 Å². The van der Waals surface area contributed by atoms with Crippen molar-refractivity contribution in [2.45, 2.75) is 6.18 Å². The van der Waals surface area contributed by atoms with Gasteiger partial charge < -0.3 is 9.47 Å². The molecule has 1 N–H and O–H groups in total. The number of hydroxylamine groups is 1. The summed E-state index contributed by atoms with van der Waals surface area (Å²) in [7, 11) is 0. The van der Waals surface area contributed by atoms with Gasteiger partial charge in [-0.1, -0.05) is 65.1 Å². The highest BCUT2D eigenvalue weighted by Crippen LogP contribution is 2.37. The monoisotopic (exact) mass is 515 g/mol. The highest BCUT2D eigenvalue weighted by molar-refractivity contribution is 6.55. The Kier molecular flexibility index (Phi) is 9.65. The molecule has 4 nitrogen and oxygen atoms in total. The molecule has 0 fully saturated rings. The number of benzene rings is 2. The van der Waals surface area contributed by atoms with E-state index in [-0.39, 0.29) is 45.8 Å². The van der Waals surface area contributed by atoms with Crippen LogP contribution >= 0.6 is 46.4 Å². The van der Waals surface area contributed by atoms with Gasteiger partial charge in [-0.3, -0.25) is 10.3 Å². The Bertz CT molecular complexity index is 907. The number of halogens is 7. The van der Waals surface area contributed by atoms with E-state index >= 15 is 0 Å². The van der Waals surface area contributed by atoms with Crippen LogP contribution in [0.3, 0.4) is 0 Å². The van der Waals surface area contributed by atoms with Crippen molar-refractivity contribution in [2.75, 3.05) is 19.8 Å². The molecule has 2 aromatic rings. The average Bonchev–Trinajstić information content (AvgIpc) is 2.68. The van der Waals surface area contributed by atoms with Crippen LogP contribution in [0.15, 0.2) is 53.5 Å². The van der Waals surface area contributed by atoms with Crippen LogP contribution in [0.2, 0.25) is 10.0 Å². The van der Waals surface area contributed by atoms with Crippen LogP contribution in [0.5, 0.6) is 11.5 Å². The van der Waals surface area contributed by atoms with Gasteiger partial charge in [0.15, 0.2) is 5.75 Å². The normalized spacial score (nSPS) is 11.1. The van der Waals surface area contributed by atoms with Gasteiger partial charge in [0.25, 0.3) is 0 Å². The Morgan fingerprint density at radius 2 is 1.61 bits per heavy atom. The van der Waals surface area contributed by atoms with E-state index in [4.69, 9.17) is 60.7 Å². The van der Waals surface area contributed by atoms with Gasteiger partial charge in [-0.05, 0) is 23.8 Å². The Hall–Kier alpha value is -1.77. The Morgan fingerprint density at radius 1 is 1.00 bits per heavy atom. The van der Waals surface area contributed by atoms with Crippen molar-refractivity contribution in [3.8, 4) is 11.5 Å². The van der Waals surface area contributed by atoms with E-state index in [0.717, 1.165) is 12.1 Å². The van der Waals surface area contributed by atoms with Crippen LogP contribution in [-0.2, 0) is 11.0 Å². The first-order valence-electron chi connectivity index (χ1n) is 8.58. The first-order valence-corrected chi connectivity index (χ1v) is 10.1. The standard InChI is InChI=1S/C20H16Cl4F3NO3/c1-12(13-2-4-14(5-3-13)20(25,26)27)28-31-9-8-30-19-16(21)10-15(11-17(19)22)29-7-6-18(23)24/h2-6,10-11,28H,1,7-9H2. The van der Waals surface area contributed by atoms with E-state index in [0.29, 0.717) is 11.3 Å². The fraction of sp³-hybridized carbons (Fsp3) is 0.200. The first-order chi connectivity index (χ1) is 14.6. The summed E-state index contributed by atoms with van der Waals surface area (Å²) in [5.74, 6) is 0.644. The number of ether oxygens (including phenoxy) is 2. The SMILES string of the molecule is C=C(NOCCOc1c(Cl)cc(OCC=C(Cl)Cl)cc1Cl)c1ccc(C(F)(F)F)cc1. The number of rotatable bonds is 10. The third-order valence-electron chi connectivity index (χ3n) is 3.65. The third kappa shape index (κ3) is 8.35. The van der Waals surface area contributed by atoms with Crippen LogP contribution in [0.4, 0.5) is 13.2 Å². The van der Waals surface area contributed by atoms with E-state index in [1.54, 1.807) is 0 Å². The summed E-state index contributed by atoms with van der Waals surface area (Å²) >= 11 is 23.3. The lowest BCUT2D eigenvalue weighted by Gasteiger charge is -2.14. The topological polar surface area (TPSA) is 39.7 Å². The molecule has 31 heavy (non-hydrogen) atoms. The maximum absolute atomic E-state index is 12.6. The molecule has 0 atom stereocenters. The highest BCUT2D eigenvalue weighted by atomic mass is 35.5. The van der Waals surface area contributed by atoms with E-state index in [1.807, 2.05) is 0 Å². The molecule has 168 valence electrons. The molecule has 11 heteroatoms. The third-order valence-corrected chi connectivity index (χ3v) is 4.52. The molecule has 0 aliphatic heterocycles. The number of hydrogen-bond donors (Lipinski definition) is 1. The van der Waals surface area contributed by atoms with Gasteiger partial charge in [0.05, 0.1) is 21.3 Å². The first kappa shape index (κ1) is 25.5. The minimum Gasteiger partial charge on any atom is -0.489 e. The molecule has 0 saturated heterocycles. The van der Waals surface area contributed by atoms with E-state index in [9.17, 15) is 13.2 Å². The van der Waals surface area contributed by atoms with Crippen LogP contribution in [0.1, 0.15) is 11.1 Å². The van der Waals surface area contributed by atoms with Crippen molar-refractivity contribution in [3.05, 3.63) is 74.7 Å². The second kappa shape index (κ2) is 11.7. The van der Waals surface area contributed by atoms with Gasteiger partial charge in [0, 0.05) is 12.1 Å². The second-order valence-corrected chi connectivity index (χ2v) is 7.70. The number of nitrogens with one attached hydrogen (secondary N) is 1. The molecule has 0 amide bonds. The van der Waals surface area contributed by atoms with Crippen LogP contribution < -0.4 is 15.0 Å². The van der Waals surface area contributed by atoms with E-state index < -0.39 is 11.7 Å². The Balaban J connectivity index is 1.79. The molecule has 0 unspecified atom stereocenters. The molecule has 0 saturated carbocycles. The summed E-state index contributed by atoms with van der Waals surface area (Å²) in [4.78, 5) is 5.21. The summed E-state index contributed by atoms with van der Waals surface area (Å²) in [6.07, 6.45) is -2.94. The summed E-state index contributed by atoms with van der Waals surface area (Å²) < 4.78 is 48.8. The average molecular weight is 517 g/mol. The minimum absolute atomic E-state index is 0.0730. The lowest BCUT2D eigenvalue weighted by molar-refractivity contribution is -0.137. The van der Waals surface area contributed by atoms with Gasteiger partial charge in [0.2, 0.25) is 0 Å². The Labute approximate surface area is 197 Å². The lowest BCUT2D eigenvalue weighted by atomic mass is 10.1. The summed E-state index contributed by atoms with van der Waals surface area (Å²) in [5.41, 5.74) is 2.53. The molecular weight excluding hydrogens is 501 g/mol. The molecule has 2 aromatic carbocycles. The van der Waals surface area contributed by atoms with Crippen molar-refractivity contribution in [1.29, 1.82) is 0 Å². The highest BCUT2D eigenvalue weighted by Gasteiger charge is 2.30. The second-order valence-electron chi connectivity index (χ2n) is 5.87. The van der Waals surface area contributed by atoms with Crippen molar-refractivity contribution in [3.63, 3.8) is 0 Å². The molecule has 0 spiro atoms. The zero-order valence-electron chi connectivity index (χ0n) is 15.7. The van der Waals surface area contributed by atoms with Gasteiger partial charge in [-0.25, -0.2) is 0 Å². The number of alkyl halides is 3. The zero-order chi connectivity index (χ0) is 23.0. The van der Waals surface area contributed by atoms with Crippen molar-refractivity contribution in [1.82, 2.24) is 5.48 Å². The van der Waals surface area contributed by atoms with Crippen molar-refractivity contribution >= 4 is 52.1 Å². The predicted octanol–water partition coefficient (Wildman–Crippen LogP) is 7.28. The lowest BCUT2D eigenvalue weighted by Crippen LogP contribution is -2.17. The van der Waals surface area contributed by atoms with Crippen molar-refractivity contribution < 1.29 is 27.5 Å². The fourth-order valence-corrected chi connectivity index (χ4v) is 2.90. The summed E-state index contributed by atoms with van der Waals surface area (Å²) in [5, 5.41) is 0.455. The maximum atomic E-state index is 12.6. The molecular formula is C20H16Cl4F3NO3. The molecule has 0 aliphatic carbocycles. The van der Waals surface area contributed by atoms with Gasteiger partial charge in [-0.15, -0.1) is 0 Å². The molecule has 0 radical (unpaired) electrons. The molecule has 2 rings (SSSR count). The summed E-state index contributed by atoms with van der Waals surface area (Å²) in [6.45, 7) is 4.00. The van der Waals surface area contributed by atoms with Gasteiger partial charge in [0.1, 0.15) is 30.1 Å². The van der Waals surface area contributed by atoms with Crippen LogP contribution in [0, 0.1) is 0 Å². The molecule has 0 aromatic heterocycles. The fourth-order valence-electron chi connectivity index (χ4n) is 2.20. The summed E-state index contributed by atoms with van der Waals surface area (Å²) in [6, 6.07) is 7.54. The molecule has 0 bridgehead atoms. The molecule has 0 heterocycles. The van der Waals surface area contributed by atoms with E-state index in [2.05, 4.69) is 12.1 Å². The van der Waals surface area contributed by atoms with Crippen LogP contribution in [-0.4, -0.2) is 19.8 Å². The quantitative estimate of drug-likeness (QED) is 0.266. The Morgan fingerprint density at radius 3 is 2.16 bits per heavy atom. The van der Waals surface area contributed by atoms with Crippen LogP contribution in [0.25, 0.3) is 5.70 Å². The maximum Gasteiger partial charge on any atom is 0.416 e. The zero-order valence-corrected chi connectivity index (χ0v) is 18.8. The minimum atomic E-state index is -4.40.